The van der Waals surface area contributed by atoms with Crippen molar-refractivity contribution in [3.8, 4) is 11.1 Å². The maximum atomic E-state index is 4.81. The second kappa shape index (κ2) is 11.6. The fourth-order valence-corrected chi connectivity index (χ4v) is 10.5. The Morgan fingerprint density at radius 3 is 1.47 bits per heavy atom. The van der Waals surface area contributed by atoms with Gasteiger partial charge in [-0.2, -0.15) is 0 Å². The van der Waals surface area contributed by atoms with Crippen LogP contribution in [0.1, 0.15) is 61.1 Å². The smallest absolute Gasteiger partial charge is 0.0581 e. The Hall–Kier alpha value is -6.90. The molecule has 3 heterocycles. The number of benzene rings is 9. The molecule has 0 spiro atoms. The van der Waals surface area contributed by atoms with Gasteiger partial charge in [-0.25, -0.2) is 0 Å². The second-order valence-corrected chi connectivity index (χ2v) is 17.5. The minimum Gasteiger partial charge on any atom is -0.310 e. The molecule has 12 rings (SSSR count). The van der Waals surface area contributed by atoms with Gasteiger partial charge in [0.25, 0.3) is 0 Å². The van der Waals surface area contributed by atoms with E-state index in [-0.39, 0.29) is 10.8 Å². The summed E-state index contributed by atoms with van der Waals surface area (Å²) >= 11 is 0. The van der Waals surface area contributed by atoms with E-state index in [9.17, 15) is 0 Å². The third-order valence-electron chi connectivity index (χ3n) is 13.6. The lowest BCUT2D eigenvalue weighted by atomic mass is 9.63. The van der Waals surface area contributed by atoms with Crippen LogP contribution in [0, 0.1) is 0 Å². The molecule has 0 atom stereocenters. The number of anilines is 6. The highest BCUT2D eigenvalue weighted by Gasteiger charge is 2.48. The number of rotatable bonds is 4. The molecule has 0 unspecified atom stereocenters. The molecule has 2 nitrogen and oxygen atoms in total. The SMILES string of the molecule is C=C1c2cccc3c2N2c4c1cc(-c1ccc5cc(N(c6ccc7ccccc7c6)c6ccc7ccccc7c6)ccc5c1)cc4C(C)(C)c1cccc(c12)C3(C)C. The van der Waals surface area contributed by atoms with Crippen LogP contribution in [-0.2, 0) is 10.8 Å². The Morgan fingerprint density at radius 1 is 0.379 bits per heavy atom. The van der Waals surface area contributed by atoms with Crippen molar-refractivity contribution in [1.29, 1.82) is 0 Å². The normalized spacial score (nSPS) is 15.2. The molecule has 0 saturated heterocycles. The summed E-state index contributed by atoms with van der Waals surface area (Å²) in [7, 11) is 0. The van der Waals surface area contributed by atoms with Crippen molar-refractivity contribution in [2.75, 3.05) is 9.80 Å². The predicted molar refractivity (Wildman–Crippen MR) is 246 cm³/mol. The zero-order valence-electron chi connectivity index (χ0n) is 33.3. The van der Waals surface area contributed by atoms with Crippen molar-refractivity contribution >= 4 is 72.0 Å². The standard InChI is InChI=1S/C56H42N2/c1-34-46-16-10-17-48-52(46)58-53-47(34)32-42(33-51(53)56(4,5)50-19-11-18-49(54(50)58)55(48,2)3)40-20-21-41-31-45(27-24-39(41)28-40)57(43-25-22-35-12-6-8-14-37(35)29-43)44-26-23-36-13-7-9-15-38(36)30-44/h6-33H,1H2,2-5H3. The molecule has 0 radical (unpaired) electrons. The third kappa shape index (κ3) is 4.49. The first-order valence-electron chi connectivity index (χ1n) is 20.4. The molecule has 3 aliphatic heterocycles. The van der Waals surface area contributed by atoms with E-state index in [1.54, 1.807) is 0 Å². The van der Waals surface area contributed by atoms with Crippen molar-refractivity contribution in [2.24, 2.45) is 0 Å². The molecular weight excluding hydrogens is 701 g/mol. The van der Waals surface area contributed by atoms with Gasteiger partial charge >= 0.3 is 0 Å². The maximum Gasteiger partial charge on any atom is 0.0581 e. The van der Waals surface area contributed by atoms with Crippen LogP contribution in [0.5, 0.6) is 0 Å². The topological polar surface area (TPSA) is 6.48 Å². The van der Waals surface area contributed by atoms with E-state index < -0.39 is 0 Å². The van der Waals surface area contributed by atoms with Gasteiger partial charge < -0.3 is 9.80 Å². The van der Waals surface area contributed by atoms with Crippen LogP contribution in [0.2, 0.25) is 0 Å². The van der Waals surface area contributed by atoms with Gasteiger partial charge in [0.1, 0.15) is 0 Å². The summed E-state index contributed by atoms with van der Waals surface area (Å²) in [4.78, 5) is 4.98. The van der Waals surface area contributed by atoms with E-state index >= 15 is 0 Å². The van der Waals surface area contributed by atoms with Crippen LogP contribution >= 0.6 is 0 Å². The molecule has 0 saturated carbocycles. The van der Waals surface area contributed by atoms with E-state index in [0.29, 0.717) is 0 Å². The highest BCUT2D eigenvalue weighted by molar-refractivity contribution is 6.08. The Kier molecular flexibility index (Phi) is 6.64. The molecule has 0 bridgehead atoms. The van der Waals surface area contributed by atoms with Crippen molar-refractivity contribution in [2.45, 2.75) is 38.5 Å². The van der Waals surface area contributed by atoms with Crippen molar-refractivity contribution in [3.05, 3.63) is 210 Å². The van der Waals surface area contributed by atoms with Crippen LogP contribution in [0.4, 0.5) is 34.1 Å². The maximum absolute atomic E-state index is 4.81. The number of hydrogen-bond donors (Lipinski definition) is 0. The molecule has 2 heteroatoms. The minimum absolute atomic E-state index is 0.120. The van der Waals surface area contributed by atoms with Crippen molar-refractivity contribution in [1.82, 2.24) is 0 Å². The Labute approximate surface area is 339 Å². The molecule has 0 aromatic heterocycles. The van der Waals surface area contributed by atoms with Crippen LogP contribution in [0.25, 0.3) is 49.0 Å². The first-order chi connectivity index (χ1) is 28.2. The molecule has 0 N–H and O–H groups in total. The lowest BCUT2D eigenvalue weighted by Gasteiger charge is -2.52. The van der Waals surface area contributed by atoms with Gasteiger partial charge in [-0.15, -0.1) is 0 Å². The number of hydrogen-bond acceptors (Lipinski definition) is 2. The van der Waals surface area contributed by atoms with Gasteiger partial charge in [-0.05, 0) is 126 Å². The molecule has 0 aliphatic carbocycles. The molecular formula is C56H42N2. The highest BCUT2D eigenvalue weighted by atomic mass is 15.2. The fourth-order valence-electron chi connectivity index (χ4n) is 10.5. The van der Waals surface area contributed by atoms with Crippen LogP contribution < -0.4 is 9.80 Å². The first kappa shape index (κ1) is 33.3. The Balaban J connectivity index is 1.00. The van der Waals surface area contributed by atoms with Crippen molar-refractivity contribution < 1.29 is 0 Å². The van der Waals surface area contributed by atoms with E-state index in [4.69, 9.17) is 6.58 Å². The summed E-state index contributed by atoms with van der Waals surface area (Å²) < 4.78 is 0. The molecule has 276 valence electrons. The quantitative estimate of drug-likeness (QED) is 0.177. The largest absolute Gasteiger partial charge is 0.310 e. The van der Waals surface area contributed by atoms with Crippen molar-refractivity contribution in [3.63, 3.8) is 0 Å². The van der Waals surface area contributed by atoms with Crippen LogP contribution in [0.3, 0.4) is 0 Å². The van der Waals surface area contributed by atoms with Crippen LogP contribution in [-0.4, -0.2) is 0 Å². The van der Waals surface area contributed by atoms with Gasteiger partial charge in [-0.3, -0.25) is 0 Å². The summed E-state index contributed by atoms with van der Waals surface area (Å²) in [5.74, 6) is 0. The highest BCUT2D eigenvalue weighted by Crippen LogP contribution is 2.65. The number of para-hydroxylation sites is 2. The van der Waals surface area contributed by atoms with Gasteiger partial charge in [0.15, 0.2) is 0 Å². The summed E-state index contributed by atoms with van der Waals surface area (Å²) in [6, 6.07) is 63.3. The number of nitrogens with zero attached hydrogens (tertiary/aromatic N) is 2. The Bertz CT molecular complexity index is 3190. The van der Waals surface area contributed by atoms with Gasteiger partial charge in [0.05, 0.1) is 17.1 Å². The zero-order chi connectivity index (χ0) is 39.1. The van der Waals surface area contributed by atoms with Crippen LogP contribution in [0.15, 0.2) is 176 Å². The molecule has 0 fully saturated rings. The molecule has 9 aromatic rings. The summed E-state index contributed by atoms with van der Waals surface area (Å²) in [5.41, 5.74) is 18.5. The fraction of sp³-hybridized carbons (Fsp3) is 0.107. The molecule has 9 aromatic carbocycles. The second-order valence-electron chi connectivity index (χ2n) is 17.5. The van der Waals surface area contributed by atoms with Gasteiger partial charge in [0, 0.05) is 39.0 Å². The lowest BCUT2D eigenvalue weighted by Crippen LogP contribution is -2.40. The Morgan fingerprint density at radius 2 is 0.845 bits per heavy atom. The minimum atomic E-state index is -0.206. The average Bonchev–Trinajstić information content (AvgIpc) is 3.25. The van der Waals surface area contributed by atoms with Gasteiger partial charge in [0.2, 0.25) is 0 Å². The monoisotopic (exact) mass is 742 g/mol. The predicted octanol–water partition coefficient (Wildman–Crippen LogP) is 15.4. The molecule has 58 heavy (non-hydrogen) atoms. The third-order valence-corrected chi connectivity index (χ3v) is 13.6. The van der Waals surface area contributed by atoms with Gasteiger partial charge in [-0.1, -0.05) is 150 Å². The number of fused-ring (bicyclic) bond motifs is 3. The van der Waals surface area contributed by atoms with E-state index in [0.717, 1.165) is 22.6 Å². The van der Waals surface area contributed by atoms with E-state index in [1.807, 2.05) is 0 Å². The van der Waals surface area contributed by atoms with E-state index in [1.165, 1.54) is 93.9 Å². The molecule has 3 aliphatic rings. The zero-order valence-corrected chi connectivity index (χ0v) is 33.3. The first-order valence-corrected chi connectivity index (χ1v) is 20.4. The van der Waals surface area contributed by atoms with E-state index in [2.05, 4.69) is 207 Å². The lowest BCUT2D eigenvalue weighted by molar-refractivity contribution is 0.596. The molecule has 0 amide bonds. The average molecular weight is 743 g/mol. The summed E-state index contributed by atoms with van der Waals surface area (Å²) in [5, 5.41) is 7.34. The summed E-state index contributed by atoms with van der Waals surface area (Å²) in [6.07, 6.45) is 0. The summed E-state index contributed by atoms with van der Waals surface area (Å²) in [6.45, 7) is 14.4.